The highest BCUT2D eigenvalue weighted by atomic mass is 32.2. The van der Waals surface area contributed by atoms with Crippen molar-refractivity contribution in [3.05, 3.63) is 53.6 Å². The summed E-state index contributed by atoms with van der Waals surface area (Å²) in [5.74, 6) is 0.672. The van der Waals surface area contributed by atoms with Crippen molar-refractivity contribution in [3.63, 3.8) is 0 Å². The molecule has 35 heavy (non-hydrogen) atoms. The molecule has 0 saturated heterocycles. The maximum atomic E-state index is 12.8. The maximum absolute atomic E-state index is 12.8. The zero-order valence-electron chi connectivity index (χ0n) is 21.4. The first-order valence-corrected chi connectivity index (χ1v) is 13.7. The molecule has 9 heteroatoms. The number of rotatable bonds is 11. The van der Waals surface area contributed by atoms with E-state index >= 15 is 0 Å². The van der Waals surface area contributed by atoms with Gasteiger partial charge in [-0.3, -0.25) is 4.79 Å². The Kier molecular flexibility index (Phi) is 10.2. The molecule has 0 saturated carbocycles. The van der Waals surface area contributed by atoms with Crippen molar-refractivity contribution in [2.24, 2.45) is 5.41 Å². The van der Waals surface area contributed by atoms with Gasteiger partial charge in [-0.1, -0.05) is 32.9 Å². The highest BCUT2D eigenvalue weighted by Crippen LogP contribution is 2.24. The van der Waals surface area contributed by atoms with Crippen LogP contribution in [0.25, 0.3) is 0 Å². The van der Waals surface area contributed by atoms with E-state index in [9.17, 15) is 13.2 Å². The van der Waals surface area contributed by atoms with Gasteiger partial charge in [-0.05, 0) is 93.7 Å². The third-order valence-electron chi connectivity index (χ3n) is 5.78. The third kappa shape index (κ3) is 8.91. The Bertz CT molecular complexity index is 1130. The van der Waals surface area contributed by atoms with Gasteiger partial charge in [0.25, 0.3) is 0 Å². The number of carbonyl (C=O) groups is 1. The van der Waals surface area contributed by atoms with E-state index in [1.165, 1.54) is 12.1 Å². The van der Waals surface area contributed by atoms with Gasteiger partial charge in [-0.25, -0.2) is 13.1 Å². The summed E-state index contributed by atoms with van der Waals surface area (Å²) in [7, 11) is -3.58. The molecule has 7 nitrogen and oxygen atoms in total. The molecule has 0 aliphatic carbocycles. The summed E-state index contributed by atoms with van der Waals surface area (Å²) < 4.78 is 33.3. The van der Waals surface area contributed by atoms with Gasteiger partial charge in [-0.15, -0.1) is 0 Å². The Morgan fingerprint density at radius 2 is 1.77 bits per heavy atom. The highest BCUT2D eigenvalue weighted by molar-refractivity contribution is 7.89. The predicted octanol–water partition coefficient (Wildman–Crippen LogP) is 5.08. The fraction of sp³-hybridized carbons (Fsp3) is 0.462. The van der Waals surface area contributed by atoms with Gasteiger partial charge < -0.3 is 15.4 Å². The van der Waals surface area contributed by atoms with Crippen LogP contribution in [-0.4, -0.2) is 32.1 Å². The normalized spacial score (nSPS) is 12.6. The number of hydrogen-bond acceptors (Lipinski definition) is 5. The van der Waals surface area contributed by atoms with Crippen molar-refractivity contribution in [1.29, 1.82) is 0 Å². The molecule has 0 heterocycles. The largest absolute Gasteiger partial charge is 0.493 e. The van der Waals surface area contributed by atoms with Gasteiger partial charge in [0.15, 0.2) is 5.11 Å². The number of ether oxygens (including phenoxy) is 1. The number of sulfonamides is 1. The van der Waals surface area contributed by atoms with Crippen LogP contribution in [0.15, 0.2) is 47.4 Å². The Morgan fingerprint density at radius 3 is 2.40 bits per heavy atom. The van der Waals surface area contributed by atoms with Crippen molar-refractivity contribution in [3.8, 4) is 5.75 Å². The maximum Gasteiger partial charge on any atom is 0.240 e. The van der Waals surface area contributed by atoms with Crippen molar-refractivity contribution in [1.82, 2.24) is 10.0 Å². The molecule has 0 spiro atoms. The van der Waals surface area contributed by atoms with Crippen LogP contribution in [0.5, 0.6) is 5.75 Å². The topological polar surface area (TPSA) is 96.5 Å². The van der Waals surface area contributed by atoms with Crippen LogP contribution in [0.1, 0.15) is 58.1 Å². The van der Waals surface area contributed by atoms with Crippen LogP contribution in [0.2, 0.25) is 0 Å². The molecule has 0 aliphatic rings. The molecule has 0 aliphatic heterocycles. The number of amides is 1. The molecule has 2 aromatic carbocycles. The fourth-order valence-electron chi connectivity index (χ4n) is 3.24. The number of anilines is 1. The molecule has 0 aromatic heterocycles. The first-order chi connectivity index (χ1) is 16.3. The summed E-state index contributed by atoms with van der Waals surface area (Å²) in [6.45, 7) is 12.0. The van der Waals surface area contributed by atoms with Gasteiger partial charge in [-0.2, -0.15) is 0 Å². The van der Waals surface area contributed by atoms with E-state index in [1.54, 1.807) is 12.1 Å². The van der Waals surface area contributed by atoms with Crippen LogP contribution in [-0.2, 0) is 14.8 Å². The second-order valence-electron chi connectivity index (χ2n) is 9.47. The molecule has 3 N–H and O–H groups in total. The predicted molar refractivity (Wildman–Crippen MR) is 145 cm³/mol. The molecular weight excluding hydrogens is 482 g/mol. The minimum absolute atomic E-state index is 0.151. The summed E-state index contributed by atoms with van der Waals surface area (Å²) in [5.41, 5.74) is 2.17. The minimum atomic E-state index is -3.58. The first-order valence-electron chi connectivity index (χ1n) is 11.8. The van der Waals surface area contributed by atoms with E-state index in [2.05, 4.69) is 15.4 Å². The van der Waals surface area contributed by atoms with Gasteiger partial charge in [0, 0.05) is 17.1 Å². The van der Waals surface area contributed by atoms with Crippen LogP contribution in [0, 0.1) is 19.3 Å². The van der Waals surface area contributed by atoms with Crippen LogP contribution in [0.4, 0.5) is 5.69 Å². The Hall–Kier alpha value is -2.49. The number of aryl methyl sites for hydroxylation is 2. The van der Waals surface area contributed by atoms with Crippen molar-refractivity contribution in [2.75, 3.05) is 11.9 Å². The standard InChI is InChI=1S/C26H37N3O4S2/c1-7-20(4)29-35(31,32)22-13-11-21(12-14-22)27-25(34)28-24(30)26(5,6)15-8-16-33-23-17-18(2)9-10-19(23)3/h9-14,17,20,29H,7-8,15-16H2,1-6H3,(H2,27,28,30,34). The van der Waals surface area contributed by atoms with Gasteiger partial charge >= 0.3 is 0 Å². The minimum Gasteiger partial charge on any atom is -0.493 e. The van der Waals surface area contributed by atoms with E-state index in [0.29, 0.717) is 31.6 Å². The number of thiocarbonyl (C=S) groups is 1. The molecule has 192 valence electrons. The lowest BCUT2D eigenvalue weighted by atomic mass is 9.87. The quantitative estimate of drug-likeness (QED) is 0.283. The SMILES string of the molecule is CCC(C)NS(=O)(=O)c1ccc(NC(=S)NC(=O)C(C)(C)CCCOc2cc(C)ccc2C)cc1. The van der Waals surface area contributed by atoms with Gasteiger partial charge in [0.1, 0.15) is 5.75 Å². The first kappa shape index (κ1) is 28.7. The van der Waals surface area contributed by atoms with Crippen molar-refractivity contribution >= 4 is 38.9 Å². The van der Waals surface area contributed by atoms with E-state index in [0.717, 1.165) is 16.9 Å². The van der Waals surface area contributed by atoms with Crippen LogP contribution < -0.4 is 20.1 Å². The van der Waals surface area contributed by atoms with E-state index < -0.39 is 15.4 Å². The molecule has 1 amide bonds. The average Bonchev–Trinajstić information content (AvgIpc) is 2.78. The second kappa shape index (κ2) is 12.5. The van der Waals surface area contributed by atoms with E-state index in [4.69, 9.17) is 17.0 Å². The molecule has 0 bridgehead atoms. The van der Waals surface area contributed by atoms with E-state index in [-0.39, 0.29) is 22.0 Å². The van der Waals surface area contributed by atoms with E-state index in [1.807, 2.05) is 59.7 Å². The molecule has 1 atom stereocenters. The lowest BCUT2D eigenvalue weighted by molar-refractivity contribution is -0.128. The molecule has 1 unspecified atom stereocenters. The second-order valence-corrected chi connectivity index (χ2v) is 11.6. The number of benzene rings is 2. The fourth-order valence-corrected chi connectivity index (χ4v) is 4.78. The highest BCUT2D eigenvalue weighted by Gasteiger charge is 2.28. The molecular formula is C26H37N3O4S2. The Labute approximate surface area is 215 Å². The molecule has 0 fully saturated rings. The smallest absolute Gasteiger partial charge is 0.240 e. The average molecular weight is 520 g/mol. The summed E-state index contributed by atoms with van der Waals surface area (Å²) in [4.78, 5) is 12.9. The summed E-state index contributed by atoms with van der Waals surface area (Å²) in [5, 5.41) is 5.82. The summed E-state index contributed by atoms with van der Waals surface area (Å²) in [6.07, 6.45) is 2.04. The monoisotopic (exact) mass is 519 g/mol. The number of nitrogens with one attached hydrogen (secondary N) is 3. The lowest BCUT2D eigenvalue weighted by Gasteiger charge is -2.24. The zero-order valence-corrected chi connectivity index (χ0v) is 23.0. The summed E-state index contributed by atoms with van der Waals surface area (Å²) in [6, 6.07) is 12.2. The van der Waals surface area contributed by atoms with Gasteiger partial charge in [0.05, 0.1) is 11.5 Å². The van der Waals surface area contributed by atoms with Crippen molar-refractivity contribution < 1.29 is 17.9 Å². The molecule has 2 rings (SSSR count). The van der Waals surface area contributed by atoms with Crippen LogP contribution >= 0.6 is 12.2 Å². The van der Waals surface area contributed by atoms with Gasteiger partial charge in [0.2, 0.25) is 15.9 Å². The molecule has 2 aromatic rings. The van der Waals surface area contributed by atoms with Crippen LogP contribution in [0.3, 0.4) is 0 Å². The molecule has 0 radical (unpaired) electrons. The Balaban J connectivity index is 1.84. The zero-order chi connectivity index (χ0) is 26.2. The van der Waals surface area contributed by atoms with Crippen molar-refractivity contribution in [2.45, 2.75) is 71.7 Å². The third-order valence-corrected chi connectivity index (χ3v) is 7.59. The number of hydrogen-bond donors (Lipinski definition) is 3. The number of carbonyl (C=O) groups excluding carboxylic acids is 1. The Morgan fingerprint density at radius 1 is 1.11 bits per heavy atom. The summed E-state index contributed by atoms with van der Waals surface area (Å²) >= 11 is 5.29. The lowest BCUT2D eigenvalue weighted by Crippen LogP contribution is -2.42.